The maximum atomic E-state index is 12.1. The Morgan fingerprint density at radius 1 is 1.16 bits per heavy atom. The van der Waals surface area contributed by atoms with E-state index in [0.29, 0.717) is 11.2 Å². The van der Waals surface area contributed by atoms with Crippen LogP contribution < -0.4 is 5.56 Å². The Kier molecular flexibility index (Phi) is 2.75. The van der Waals surface area contributed by atoms with E-state index in [1.807, 2.05) is 26.0 Å². The number of benzene rings is 1. The van der Waals surface area contributed by atoms with Crippen molar-refractivity contribution < 1.29 is 0 Å². The number of rotatable bonds is 1. The van der Waals surface area contributed by atoms with Crippen LogP contribution >= 0.6 is 11.3 Å². The van der Waals surface area contributed by atoms with Gasteiger partial charge in [-0.15, -0.1) is 11.3 Å². The summed E-state index contributed by atoms with van der Waals surface area (Å²) in [5.74, 6) is 0.662. The van der Waals surface area contributed by atoms with Crippen molar-refractivity contribution >= 4 is 21.6 Å². The van der Waals surface area contributed by atoms with Gasteiger partial charge >= 0.3 is 0 Å². The highest BCUT2D eigenvalue weighted by atomic mass is 32.1. The standard InChI is InChI=1S/C15H14N2OS/c1-8-6-4-5-7-11(8)13-9(2)12-14(18)16-10(3)17-15(12)19-13/h4-7H,1-3H3,(H,16,17,18). The molecule has 0 amide bonds. The van der Waals surface area contributed by atoms with Crippen LogP contribution in [-0.2, 0) is 0 Å². The Balaban J connectivity index is 2.39. The Morgan fingerprint density at radius 2 is 1.89 bits per heavy atom. The molecular formula is C15H14N2OS. The van der Waals surface area contributed by atoms with Gasteiger partial charge in [0.15, 0.2) is 0 Å². The van der Waals surface area contributed by atoms with E-state index < -0.39 is 0 Å². The van der Waals surface area contributed by atoms with Crippen LogP contribution in [0.3, 0.4) is 0 Å². The summed E-state index contributed by atoms with van der Waals surface area (Å²) in [7, 11) is 0. The highest BCUT2D eigenvalue weighted by Gasteiger charge is 2.15. The molecule has 96 valence electrons. The highest BCUT2D eigenvalue weighted by Crippen LogP contribution is 2.36. The lowest BCUT2D eigenvalue weighted by Gasteiger charge is -2.03. The summed E-state index contributed by atoms with van der Waals surface area (Å²) in [6.45, 7) is 5.89. The van der Waals surface area contributed by atoms with E-state index in [1.54, 1.807) is 11.3 Å². The van der Waals surface area contributed by atoms with Gasteiger partial charge in [0.05, 0.1) is 5.39 Å². The smallest absolute Gasteiger partial charge is 0.259 e. The van der Waals surface area contributed by atoms with Crippen LogP contribution in [0.2, 0.25) is 0 Å². The zero-order valence-electron chi connectivity index (χ0n) is 11.1. The predicted octanol–water partition coefficient (Wildman–Crippen LogP) is 3.58. The molecule has 0 saturated carbocycles. The summed E-state index contributed by atoms with van der Waals surface area (Å²) >= 11 is 1.59. The number of aromatic amines is 1. The van der Waals surface area contributed by atoms with Crippen molar-refractivity contribution in [1.82, 2.24) is 9.97 Å². The zero-order valence-corrected chi connectivity index (χ0v) is 11.9. The number of thiophene rings is 1. The summed E-state index contributed by atoms with van der Waals surface area (Å²) in [6.07, 6.45) is 0. The normalized spacial score (nSPS) is 11.1. The quantitative estimate of drug-likeness (QED) is 0.734. The number of hydrogen-bond donors (Lipinski definition) is 1. The summed E-state index contributed by atoms with van der Waals surface area (Å²) in [4.78, 5) is 21.2. The summed E-state index contributed by atoms with van der Waals surface area (Å²) in [5, 5.41) is 0.717. The van der Waals surface area contributed by atoms with Gasteiger partial charge in [-0.2, -0.15) is 0 Å². The van der Waals surface area contributed by atoms with E-state index >= 15 is 0 Å². The van der Waals surface area contributed by atoms with Gasteiger partial charge in [-0.05, 0) is 37.5 Å². The molecule has 0 unspecified atom stereocenters. The third-order valence-corrected chi connectivity index (χ3v) is 4.53. The highest BCUT2D eigenvalue weighted by molar-refractivity contribution is 7.22. The first-order valence-electron chi connectivity index (χ1n) is 6.14. The van der Waals surface area contributed by atoms with Crippen molar-refractivity contribution in [2.75, 3.05) is 0 Å². The minimum absolute atomic E-state index is 0.0453. The number of H-pyrrole nitrogens is 1. The molecule has 3 rings (SSSR count). The molecule has 0 aliphatic heterocycles. The summed E-state index contributed by atoms with van der Waals surface area (Å²) < 4.78 is 0. The Hall–Kier alpha value is -1.94. The van der Waals surface area contributed by atoms with Crippen LogP contribution in [0.4, 0.5) is 0 Å². The maximum absolute atomic E-state index is 12.1. The van der Waals surface area contributed by atoms with Crippen molar-refractivity contribution in [3.63, 3.8) is 0 Å². The monoisotopic (exact) mass is 270 g/mol. The van der Waals surface area contributed by atoms with Gasteiger partial charge < -0.3 is 4.98 Å². The second kappa shape index (κ2) is 4.31. The summed E-state index contributed by atoms with van der Waals surface area (Å²) in [6, 6.07) is 8.22. The second-order valence-corrected chi connectivity index (χ2v) is 5.70. The fraction of sp³-hybridized carbons (Fsp3) is 0.200. The van der Waals surface area contributed by atoms with E-state index in [4.69, 9.17) is 0 Å². The number of hydrogen-bond acceptors (Lipinski definition) is 3. The number of aromatic nitrogens is 2. The van der Waals surface area contributed by atoms with Gasteiger partial charge in [-0.1, -0.05) is 24.3 Å². The third-order valence-electron chi connectivity index (χ3n) is 3.31. The minimum Gasteiger partial charge on any atom is -0.310 e. The fourth-order valence-electron chi connectivity index (χ4n) is 2.34. The van der Waals surface area contributed by atoms with E-state index in [-0.39, 0.29) is 5.56 Å². The molecule has 19 heavy (non-hydrogen) atoms. The number of aryl methyl sites for hydroxylation is 3. The number of nitrogens with zero attached hydrogens (tertiary/aromatic N) is 1. The molecule has 4 heteroatoms. The lowest BCUT2D eigenvalue weighted by atomic mass is 10.0. The lowest BCUT2D eigenvalue weighted by molar-refractivity contribution is 1.06. The van der Waals surface area contributed by atoms with E-state index in [2.05, 4.69) is 29.0 Å². The predicted molar refractivity (Wildman–Crippen MR) is 79.9 cm³/mol. The van der Waals surface area contributed by atoms with Crippen molar-refractivity contribution in [2.45, 2.75) is 20.8 Å². The molecule has 0 aliphatic carbocycles. The Labute approximate surface area is 115 Å². The topological polar surface area (TPSA) is 45.8 Å². The van der Waals surface area contributed by atoms with Crippen LogP contribution in [0.5, 0.6) is 0 Å². The van der Waals surface area contributed by atoms with Crippen LogP contribution in [0.1, 0.15) is 17.0 Å². The second-order valence-electron chi connectivity index (χ2n) is 4.70. The van der Waals surface area contributed by atoms with Crippen LogP contribution in [0.15, 0.2) is 29.1 Å². The molecule has 0 radical (unpaired) electrons. The molecule has 0 bridgehead atoms. The largest absolute Gasteiger partial charge is 0.310 e. The van der Waals surface area contributed by atoms with Gasteiger partial charge in [0.2, 0.25) is 0 Å². The third kappa shape index (κ3) is 1.88. The van der Waals surface area contributed by atoms with Crippen molar-refractivity contribution in [1.29, 1.82) is 0 Å². The molecule has 0 saturated heterocycles. The van der Waals surface area contributed by atoms with Gasteiger partial charge in [-0.3, -0.25) is 4.79 Å². The van der Waals surface area contributed by atoms with Gasteiger partial charge in [0.1, 0.15) is 10.7 Å². The lowest BCUT2D eigenvalue weighted by Crippen LogP contribution is -2.08. The minimum atomic E-state index is -0.0453. The van der Waals surface area contributed by atoms with Crippen molar-refractivity contribution in [2.24, 2.45) is 0 Å². The van der Waals surface area contributed by atoms with Crippen molar-refractivity contribution in [3.05, 3.63) is 51.6 Å². The molecule has 0 aliphatic rings. The first-order chi connectivity index (χ1) is 9.08. The molecule has 2 heterocycles. The Morgan fingerprint density at radius 3 is 2.63 bits per heavy atom. The van der Waals surface area contributed by atoms with Gasteiger partial charge in [0.25, 0.3) is 5.56 Å². The molecule has 1 aromatic carbocycles. The van der Waals surface area contributed by atoms with Gasteiger partial charge in [0, 0.05) is 4.88 Å². The van der Waals surface area contributed by atoms with E-state index in [1.165, 1.54) is 11.1 Å². The van der Waals surface area contributed by atoms with E-state index in [9.17, 15) is 4.79 Å². The van der Waals surface area contributed by atoms with Crippen molar-refractivity contribution in [3.8, 4) is 10.4 Å². The maximum Gasteiger partial charge on any atom is 0.259 e. The molecule has 0 fully saturated rings. The molecule has 2 aromatic heterocycles. The van der Waals surface area contributed by atoms with E-state index in [0.717, 1.165) is 15.3 Å². The SMILES string of the molecule is Cc1nc2sc(-c3ccccc3C)c(C)c2c(=O)[nH]1. The zero-order chi connectivity index (χ0) is 13.6. The molecular weight excluding hydrogens is 256 g/mol. The number of fused-ring (bicyclic) bond motifs is 1. The average molecular weight is 270 g/mol. The molecule has 3 aromatic rings. The molecule has 1 N–H and O–H groups in total. The molecule has 3 nitrogen and oxygen atoms in total. The van der Waals surface area contributed by atoms with Crippen LogP contribution in [0.25, 0.3) is 20.7 Å². The fourth-order valence-corrected chi connectivity index (χ4v) is 3.65. The average Bonchev–Trinajstić information content (AvgIpc) is 2.67. The number of nitrogens with one attached hydrogen (secondary N) is 1. The summed E-state index contributed by atoms with van der Waals surface area (Å²) in [5.41, 5.74) is 3.37. The first kappa shape index (κ1) is 12.1. The van der Waals surface area contributed by atoms with Gasteiger partial charge in [-0.25, -0.2) is 4.98 Å². The molecule has 0 atom stereocenters. The van der Waals surface area contributed by atoms with Crippen LogP contribution in [-0.4, -0.2) is 9.97 Å². The Bertz CT molecular complexity index is 830. The molecule has 0 spiro atoms. The van der Waals surface area contributed by atoms with Crippen LogP contribution in [0, 0.1) is 20.8 Å². The first-order valence-corrected chi connectivity index (χ1v) is 6.95.